The van der Waals surface area contributed by atoms with E-state index in [0.717, 1.165) is 32.2 Å². The van der Waals surface area contributed by atoms with Gasteiger partial charge in [-0.25, -0.2) is 5.43 Å². The highest BCUT2D eigenvalue weighted by Gasteiger charge is 2.36. The Hall–Kier alpha value is -1.07. The Kier molecular flexibility index (Phi) is 38.4. The van der Waals surface area contributed by atoms with Gasteiger partial charge in [0.15, 0.2) is 0 Å². The third-order valence-electron chi connectivity index (χ3n) is 9.64. The molecule has 0 radical (unpaired) electrons. The molecule has 2 unspecified atom stereocenters. The molecular formula is C41H84N3O8P. The number of rotatable bonds is 42. The molecule has 0 aromatic rings. The molecule has 0 aliphatic rings. The molecule has 0 spiro atoms. The van der Waals surface area contributed by atoms with Gasteiger partial charge in [0.2, 0.25) is 0 Å². The van der Waals surface area contributed by atoms with Crippen molar-refractivity contribution in [3.8, 4) is 0 Å². The molecule has 0 bridgehead atoms. The lowest BCUT2D eigenvalue weighted by Gasteiger charge is -2.26. The summed E-state index contributed by atoms with van der Waals surface area (Å²) in [6.45, 7) is 6.96. The average molecular weight is 778 g/mol. The third kappa shape index (κ3) is 35.1. The van der Waals surface area contributed by atoms with Crippen molar-refractivity contribution in [3.05, 3.63) is 0 Å². The van der Waals surface area contributed by atoms with Gasteiger partial charge in [0.1, 0.15) is 25.1 Å². The molecule has 0 heterocycles. The molecule has 0 aromatic carbocycles. The fourth-order valence-electron chi connectivity index (χ4n) is 6.23. The van der Waals surface area contributed by atoms with Gasteiger partial charge in [-0.15, -0.1) is 0 Å². The lowest BCUT2D eigenvalue weighted by molar-refractivity contribution is -0.151. The van der Waals surface area contributed by atoms with Gasteiger partial charge in [-0.2, -0.15) is 0 Å². The molecule has 316 valence electrons. The van der Waals surface area contributed by atoms with Crippen LogP contribution in [0.5, 0.6) is 0 Å². The van der Waals surface area contributed by atoms with Crippen LogP contribution in [-0.2, 0) is 28.2 Å². The number of likely N-dealkylation sites (N-methyl/N-ethyl adjacent to an activating group) is 1. The lowest BCUT2D eigenvalue weighted by Crippen LogP contribution is -2.46. The summed E-state index contributed by atoms with van der Waals surface area (Å²) in [6, 6.07) is 0. The first-order chi connectivity index (χ1) is 25.8. The second-order valence-corrected chi connectivity index (χ2v) is 16.7. The first kappa shape index (κ1) is 51.9. The minimum absolute atomic E-state index is 0.247. The number of hydrogen-bond acceptors (Lipinski definition) is 10. The van der Waals surface area contributed by atoms with E-state index in [1.807, 2.05) is 6.92 Å². The van der Waals surface area contributed by atoms with Crippen molar-refractivity contribution in [2.24, 2.45) is 0 Å². The molecule has 0 amide bonds. The minimum Gasteiger partial charge on any atom is -0.463 e. The van der Waals surface area contributed by atoms with Crippen molar-refractivity contribution in [1.82, 2.24) is 16.2 Å². The van der Waals surface area contributed by atoms with Crippen LogP contribution in [0.1, 0.15) is 201 Å². The maximum absolute atomic E-state index is 13.2. The Morgan fingerprint density at radius 3 is 1.26 bits per heavy atom. The van der Waals surface area contributed by atoms with Crippen LogP contribution in [0, 0.1) is 0 Å². The number of ether oxygens (including phenoxy) is 2. The molecule has 0 fully saturated rings. The molecule has 12 heteroatoms. The van der Waals surface area contributed by atoms with Crippen molar-refractivity contribution >= 4 is 19.5 Å². The van der Waals surface area contributed by atoms with Gasteiger partial charge in [-0.1, -0.05) is 175 Å². The molecule has 5 N–H and O–H groups in total. The summed E-state index contributed by atoms with van der Waals surface area (Å²) in [7, 11) is -4.46. The highest BCUT2D eigenvalue weighted by Crippen LogP contribution is 2.47. The van der Waals surface area contributed by atoms with E-state index in [2.05, 4.69) is 30.0 Å². The van der Waals surface area contributed by atoms with E-state index in [4.69, 9.17) is 14.0 Å². The van der Waals surface area contributed by atoms with Gasteiger partial charge in [-0.3, -0.25) is 24.1 Å². The Balaban J connectivity index is 4.55. The van der Waals surface area contributed by atoms with Crippen molar-refractivity contribution in [3.63, 3.8) is 0 Å². The monoisotopic (exact) mass is 778 g/mol. The summed E-state index contributed by atoms with van der Waals surface area (Å²) >= 11 is 0. The SMILES string of the molecule is CCCCCCCCCCCCCCCC(=O)OCC(COC(=O)CCCCCCCCCCCCCCC)OP(=O)(O)C(CO)NNCCNCC. The van der Waals surface area contributed by atoms with Gasteiger partial charge in [0, 0.05) is 25.9 Å². The standard InChI is InChI=1S/C41H84N3O8P/c1-4-7-9-11-13-15-17-19-21-23-25-27-29-31-40(46)50-36-38(52-53(48,49)39(35-45)44-43-34-33-42-6-3)37-51-41(47)32-30-28-26-24-22-20-18-16-14-12-10-8-5-2/h38-39,42-45H,4-37H2,1-3H3,(H,48,49). The van der Waals surface area contributed by atoms with E-state index in [1.54, 1.807) is 0 Å². The predicted molar refractivity (Wildman–Crippen MR) is 218 cm³/mol. The Morgan fingerprint density at radius 1 is 0.566 bits per heavy atom. The van der Waals surface area contributed by atoms with Crippen LogP contribution in [-0.4, -0.2) is 73.3 Å². The van der Waals surface area contributed by atoms with Crippen molar-refractivity contribution in [1.29, 1.82) is 0 Å². The molecule has 0 aromatic heterocycles. The maximum Gasteiger partial charge on any atom is 0.349 e. The number of esters is 2. The van der Waals surface area contributed by atoms with Gasteiger partial charge in [0.05, 0.1) is 6.61 Å². The Bertz CT molecular complexity index is 823. The molecule has 0 aliphatic carbocycles. The summed E-state index contributed by atoms with van der Waals surface area (Å²) in [5.74, 6) is -2.17. The fraction of sp³-hybridized carbons (Fsp3) is 0.951. The largest absolute Gasteiger partial charge is 0.463 e. The first-order valence-corrected chi connectivity index (χ1v) is 23.6. The molecule has 0 aliphatic heterocycles. The molecule has 0 saturated heterocycles. The summed E-state index contributed by atoms with van der Waals surface area (Å²) in [5, 5.41) is 12.9. The van der Waals surface area contributed by atoms with Crippen molar-refractivity contribution in [2.45, 2.75) is 212 Å². The van der Waals surface area contributed by atoms with E-state index in [1.165, 1.54) is 128 Å². The average Bonchev–Trinajstić information content (AvgIpc) is 3.14. The Morgan fingerprint density at radius 2 is 0.925 bits per heavy atom. The van der Waals surface area contributed by atoms with E-state index >= 15 is 0 Å². The van der Waals surface area contributed by atoms with Crippen LogP contribution >= 0.6 is 7.60 Å². The number of unbranched alkanes of at least 4 members (excludes halogenated alkanes) is 24. The number of aliphatic hydroxyl groups excluding tert-OH is 1. The highest BCUT2D eigenvalue weighted by atomic mass is 31.2. The number of hydrazine groups is 1. The molecular weight excluding hydrogens is 693 g/mol. The predicted octanol–water partition coefficient (Wildman–Crippen LogP) is 9.63. The second kappa shape index (κ2) is 39.2. The normalized spacial score (nSPS) is 13.3. The van der Waals surface area contributed by atoms with E-state index in [9.17, 15) is 24.2 Å². The van der Waals surface area contributed by atoms with Gasteiger partial charge in [0.25, 0.3) is 0 Å². The van der Waals surface area contributed by atoms with Gasteiger partial charge < -0.3 is 24.8 Å². The van der Waals surface area contributed by atoms with Crippen LogP contribution < -0.4 is 16.2 Å². The van der Waals surface area contributed by atoms with Crippen molar-refractivity contribution in [2.75, 3.05) is 39.5 Å². The van der Waals surface area contributed by atoms with Gasteiger partial charge in [-0.05, 0) is 19.4 Å². The van der Waals surface area contributed by atoms with Crippen LogP contribution in [0.3, 0.4) is 0 Å². The zero-order valence-electron chi connectivity index (χ0n) is 34.5. The fourth-order valence-corrected chi connectivity index (χ4v) is 7.39. The van der Waals surface area contributed by atoms with Crippen LogP contribution in [0.4, 0.5) is 0 Å². The zero-order valence-corrected chi connectivity index (χ0v) is 35.4. The number of aliphatic hydroxyl groups is 1. The maximum atomic E-state index is 13.2. The van der Waals surface area contributed by atoms with Crippen molar-refractivity contribution < 1.29 is 38.2 Å². The number of carbonyl (C=O) groups excluding carboxylic acids is 2. The summed E-state index contributed by atoms with van der Waals surface area (Å²) in [6.07, 6.45) is 30.8. The lowest BCUT2D eigenvalue weighted by atomic mass is 10.0. The second-order valence-electron chi connectivity index (χ2n) is 14.8. The van der Waals surface area contributed by atoms with Gasteiger partial charge >= 0.3 is 19.5 Å². The van der Waals surface area contributed by atoms with Crippen LogP contribution in [0.25, 0.3) is 0 Å². The topological polar surface area (TPSA) is 155 Å². The molecule has 2 atom stereocenters. The highest BCUT2D eigenvalue weighted by molar-refractivity contribution is 7.53. The molecule has 11 nitrogen and oxygen atoms in total. The molecule has 0 rings (SSSR count). The zero-order chi connectivity index (χ0) is 39.1. The van der Waals surface area contributed by atoms with E-state index in [0.29, 0.717) is 25.9 Å². The number of hydrogen-bond donors (Lipinski definition) is 5. The summed E-state index contributed by atoms with van der Waals surface area (Å²) < 4.78 is 29.5. The summed E-state index contributed by atoms with van der Waals surface area (Å²) in [5.41, 5.74) is 5.46. The van der Waals surface area contributed by atoms with E-state index in [-0.39, 0.29) is 26.1 Å². The molecule has 0 saturated carbocycles. The van der Waals surface area contributed by atoms with Crippen LogP contribution in [0.15, 0.2) is 0 Å². The smallest absolute Gasteiger partial charge is 0.349 e. The molecule has 53 heavy (non-hydrogen) atoms. The van der Waals surface area contributed by atoms with Crippen LogP contribution in [0.2, 0.25) is 0 Å². The first-order valence-electron chi connectivity index (χ1n) is 21.9. The number of nitrogens with one attached hydrogen (secondary N) is 3. The number of carbonyl (C=O) groups is 2. The quantitative estimate of drug-likeness (QED) is 0.0174. The Labute approximate surface area is 325 Å². The van der Waals surface area contributed by atoms with E-state index < -0.39 is 38.0 Å². The summed E-state index contributed by atoms with van der Waals surface area (Å²) in [4.78, 5) is 35.8. The third-order valence-corrected chi connectivity index (χ3v) is 11.3. The minimum atomic E-state index is -4.46.